The normalized spacial score (nSPS) is 23.2. The fourth-order valence-corrected chi connectivity index (χ4v) is 1.66. The predicted octanol–water partition coefficient (Wildman–Crippen LogP) is 2.12. The minimum absolute atomic E-state index is 0.435. The molecule has 0 aliphatic carbocycles. The number of carbonyl (C=O) groups is 2. The van der Waals surface area contributed by atoms with Gasteiger partial charge in [0.05, 0.1) is 0 Å². The van der Waals surface area contributed by atoms with Crippen molar-refractivity contribution in [3.8, 4) is 0 Å². The lowest BCUT2D eigenvalue weighted by Gasteiger charge is -2.11. The molecule has 1 rings (SSSR count). The summed E-state index contributed by atoms with van der Waals surface area (Å²) in [5, 5.41) is 0. The van der Waals surface area contributed by atoms with E-state index in [1.54, 1.807) is 0 Å². The summed E-state index contributed by atoms with van der Waals surface area (Å²) in [6, 6.07) is -1.25. The molecule has 1 saturated heterocycles. The summed E-state index contributed by atoms with van der Waals surface area (Å²) in [6.45, 7) is 2.00. The van der Waals surface area contributed by atoms with E-state index >= 15 is 0 Å². The molecular weight excluding hydrogens is 215 g/mol. The molecule has 74 valence electrons. The number of amides is 3. The Morgan fingerprint density at radius 1 is 1.38 bits per heavy atom. The van der Waals surface area contributed by atoms with E-state index in [0.717, 1.165) is 17.3 Å². The Morgan fingerprint density at radius 2 is 2.00 bits per heavy atom. The van der Waals surface area contributed by atoms with Gasteiger partial charge in [-0.05, 0) is 6.42 Å². The van der Waals surface area contributed by atoms with Crippen molar-refractivity contribution in [3.63, 3.8) is 0 Å². The molecular formula is C7H10Cl2N2O2. The number of imide groups is 1. The maximum atomic E-state index is 11.3. The third-order valence-corrected chi connectivity index (χ3v) is 2.63. The van der Waals surface area contributed by atoms with Gasteiger partial charge in [-0.2, -0.15) is 4.42 Å². The monoisotopic (exact) mass is 224 g/mol. The van der Waals surface area contributed by atoms with Crippen LogP contribution in [0.1, 0.15) is 26.2 Å². The molecule has 4 nitrogen and oxygen atoms in total. The zero-order chi connectivity index (χ0) is 10.0. The minimum atomic E-state index is -0.658. The molecule has 0 saturated carbocycles. The van der Waals surface area contributed by atoms with E-state index in [-0.39, 0.29) is 0 Å². The Hall–Kier alpha value is -0.480. The summed E-state index contributed by atoms with van der Waals surface area (Å²) in [5.41, 5.74) is 0. The van der Waals surface area contributed by atoms with Crippen LogP contribution in [-0.4, -0.2) is 26.8 Å². The van der Waals surface area contributed by atoms with Crippen molar-refractivity contribution >= 4 is 35.5 Å². The molecule has 1 aliphatic rings. The number of hydrogen-bond acceptors (Lipinski definition) is 2. The Labute approximate surface area is 86.6 Å². The number of unbranched alkanes of at least 4 members (excludes halogenated alkanes) is 1. The fraction of sp³-hybridized carbons (Fsp3) is 0.714. The van der Waals surface area contributed by atoms with Gasteiger partial charge in [0.2, 0.25) is 0 Å². The van der Waals surface area contributed by atoms with Crippen molar-refractivity contribution < 1.29 is 9.59 Å². The van der Waals surface area contributed by atoms with Gasteiger partial charge in [-0.1, -0.05) is 19.8 Å². The first kappa shape index (κ1) is 10.6. The first-order chi connectivity index (χ1) is 6.09. The molecule has 1 atom stereocenters. The van der Waals surface area contributed by atoms with Crippen LogP contribution in [0.4, 0.5) is 4.79 Å². The van der Waals surface area contributed by atoms with Crippen LogP contribution < -0.4 is 0 Å². The Balaban J connectivity index is 2.64. The summed E-state index contributed by atoms with van der Waals surface area (Å²) < 4.78 is 1.40. The average Bonchev–Trinajstić information content (AvgIpc) is 2.30. The first-order valence-electron chi connectivity index (χ1n) is 4.08. The molecule has 0 aromatic heterocycles. The van der Waals surface area contributed by atoms with Gasteiger partial charge in [0, 0.05) is 23.6 Å². The quantitative estimate of drug-likeness (QED) is 0.545. The van der Waals surface area contributed by atoms with Gasteiger partial charge >= 0.3 is 6.03 Å². The molecule has 0 radical (unpaired) electrons. The maximum absolute atomic E-state index is 11.3. The predicted molar refractivity (Wildman–Crippen MR) is 49.1 cm³/mol. The van der Waals surface area contributed by atoms with Crippen molar-refractivity contribution in [1.82, 2.24) is 8.84 Å². The zero-order valence-electron chi connectivity index (χ0n) is 7.17. The highest BCUT2D eigenvalue weighted by atomic mass is 35.5. The average molecular weight is 225 g/mol. The molecule has 13 heavy (non-hydrogen) atoms. The maximum Gasteiger partial charge on any atom is 0.357 e. The molecule has 3 amide bonds. The molecule has 0 spiro atoms. The van der Waals surface area contributed by atoms with Crippen LogP contribution in [-0.2, 0) is 4.79 Å². The van der Waals surface area contributed by atoms with E-state index in [0.29, 0.717) is 10.8 Å². The van der Waals surface area contributed by atoms with Crippen molar-refractivity contribution in [1.29, 1.82) is 0 Å². The molecule has 1 aliphatic heterocycles. The highest BCUT2D eigenvalue weighted by Gasteiger charge is 2.43. The minimum Gasteiger partial charge on any atom is -0.271 e. The van der Waals surface area contributed by atoms with Gasteiger partial charge in [0.25, 0.3) is 5.91 Å². The van der Waals surface area contributed by atoms with Crippen LogP contribution in [0, 0.1) is 0 Å². The van der Waals surface area contributed by atoms with Gasteiger partial charge in [-0.15, -0.1) is 0 Å². The van der Waals surface area contributed by atoms with Crippen molar-refractivity contribution in [2.75, 3.05) is 0 Å². The zero-order valence-corrected chi connectivity index (χ0v) is 8.68. The second-order valence-electron chi connectivity index (χ2n) is 2.87. The third kappa shape index (κ3) is 1.89. The Bertz CT molecular complexity index is 235. The van der Waals surface area contributed by atoms with E-state index in [9.17, 15) is 9.59 Å². The van der Waals surface area contributed by atoms with Crippen LogP contribution in [0.2, 0.25) is 0 Å². The molecule has 1 heterocycles. The molecule has 0 aromatic carbocycles. The van der Waals surface area contributed by atoms with Crippen molar-refractivity contribution in [2.45, 2.75) is 32.2 Å². The number of halogens is 2. The summed E-state index contributed by atoms with van der Waals surface area (Å²) in [5.74, 6) is -0.435. The molecule has 1 unspecified atom stereocenters. The number of hydrogen-bond donors (Lipinski definition) is 0. The topological polar surface area (TPSA) is 40.6 Å². The molecule has 0 N–H and O–H groups in total. The molecule has 1 fully saturated rings. The lowest BCUT2D eigenvalue weighted by atomic mass is 10.1. The summed E-state index contributed by atoms with van der Waals surface area (Å²) in [7, 11) is 0. The van der Waals surface area contributed by atoms with Crippen LogP contribution in [0.15, 0.2) is 0 Å². The van der Waals surface area contributed by atoms with E-state index in [1.165, 1.54) is 0 Å². The molecule has 0 aromatic rings. The highest BCUT2D eigenvalue weighted by Crippen LogP contribution is 2.24. The second kappa shape index (κ2) is 4.15. The van der Waals surface area contributed by atoms with Gasteiger partial charge in [-0.3, -0.25) is 4.79 Å². The van der Waals surface area contributed by atoms with E-state index in [2.05, 4.69) is 0 Å². The van der Waals surface area contributed by atoms with Crippen LogP contribution in [0.25, 0.3) is 0 Å². The SMILES string of the molecule is CCCCC1C(=O)N(Cl)C(=O)N1Cl. The van der Waals surface area contributed by atoms with Gasteiger partial charge in [0.15, 0.2) is 0 Å². The standard InChI is InChI=1S/C7H10Cl2N2O2/c1-2-3-4-5-6(12)11(9)7(13)10(5)8/h5H,2-4H2,1H3. The Morgan fingerprint density at radius 3 is 2.38 bits per heavy atom. The summed E-state index contributed by atoms with van der Waals surface area (Å²) in [4.78, 5) is 22.3. The van der Waals surface area contributed by atoms with E-state index < -0.39 is 18.0 Å². The molecule has 0 bridgehead atoms. The molecule has 6 heteroatoms. The smallest absolute Gasteiger partial charge is 0.271 e. The van der Waals surface area contributed by atoms with Gasteiger partial charge < -0.3 is 0 Å². The highest BCUT2D eigenvalue weighted by molar-refractivity contribution is 6.38. The van der Waals surface area contributed by atoms with Crippen LogP contribution >= 0.6 is 23.6 Å². The lowest BCUT2D eigenvalue weighted by molar-refractivity contribution is -0.124. The largest absolute Gasteiger partial charge is 0.357 e. The number of urea groups is 1. The summed E-state index contributed by atoms with van der Waals surface area (Å²) in [6.07, 6.45) is 2.36. The summed E-state index contributed by atoms with van der Waals surface area (Å²) >= 11 is 11.0. The van der Waals surface area contributed by atoms with Gasteiger partial charge in [-0.25, -0.2) is 9.21 Å². The second-order valence-corrected chi connectivity index (χ2v) is 3.57. The van der Waals surface area contributed by atoms with Crippen LogP contribution in [0.5, 0.6) is 0 Å². The fourth-order valence-electron chi connectivity index (χ4n) is 1.17. The number of nitrogens with zero attached hydrogens (tertiary/aromatic N) is 2. The lowest BCUT2D eigenvalue weighted by Crippen LogP contribution is -2.26. The van der Waals surface area contributed by atoms with Crippen molar-refractivity contribution in [2.24, 2.45) is 0 Å². The van der Waals surface area contributed by atoms with E-state index in [4.69, 9.17) is 23.6 Å². The number of rotatable bonds is 3. The first-order valence-corrected chi connectivity index (χ1v) is 4.76. The van der Waals surface area contributed by atoms with Crippen molar-refractivity contribution in [3.05, 3.63) is 0 Å². The number of carbonyl (C=O) groups excluding carboxylic acids is 2. The van der Waals surface area contributed by atoms with Gasteiger partial charge in [0.1, 0.15) is 6.04 Å². The Kier molecular flexibility index (Phi) is 3.39. The van der Waals surface area contributed by atoms with Crippen LogP contribution in [0.3, 0.4) is 0 Å². The third-order valence-electron chi connectivity index (χ3n) is 1.93. The van der Waals surface area contributed by atoms with E-state index in [1.807, 2.05) is 6.92 Å².